The maximum atomic E-state index is 8.59. The minimum atomic E-state index is 0.276. The zero-order chi connectivity index (χ0) is 9.52. The first-order chi connectivity index (χ1) is 6.38. The minimum Gasteiger partial charge on any atom is -0.396 e. The number of hydrogen-bond acceptors (Lipinski definition) is 2. The van der Waals surface area contributed by atoms with Crippen molar-refractivity contribution in [3.05, 3.63) is 12.2 Å². The summed E-state index contributed by atoms with van der Waals surface area (Å²) in [6.45, 7) is 4.96. The minimum absolute atomic E-state index is 0.276. The lowest BCUT2D eigenvalue weighted by Gasteiger charge is -2.21. The average Bonchev–Trinajstić information content (AvgIpc) is 2.60. The summed E-state index contributed by atoms with van der Waals surface area (Å²) in [5, 5.41) is 8.59. The van der Waals surface area contributed by atoms with Gasteiger partial charge in [0.05, 0.1) is 0 Å². The van der Waals surface area contributed by atoms with Crippen LogP contribution in [0, 0.1) is 0 Å². The van der Waals surface area contributed by atoms with Crippen LogP contribution in [0.15, 0.2) is 12.2 Å². The first-order valence-electron chi connectivity index (χ1n) is 5.38. The number of aliphatic hydroxyl groups excluding tert-OH is 1. The summed E-state index contributed by atoms with van der Waals surface area (Å²) < 4.78 is 0. The Labute approximate surface area is 81.2 Å². The second kappa shape index (κ2) is 6.17. The van der Waals surface area contributed by atoms with E-state index in [1.807, 2.05) is 0 Å². The van der Waals surface area contributed by atoms with E-state index < -0.39 is 0 Å². The molecule has 0 radical (unpaired) electrons. The standard InChI is InChI=1S/C11H21NO/c1-2-12-9-6-8-11(12)7-4-3-5-10-13/h3-4,11,13H,2,5-10H2,1H3/b4-3-. The molecule has 1 aliphatic heterocycles. The fourth-order valence-corrected chi connectivity index (χ4v) is 2.02. The molecule has 1 aliphatic rings. The van der Waals surface area contributed by atoms with Crippen molar-refractivity contribution in [2.75, 3.05) is 19.7 Å². The first kappa shape index (κ1) is 10.7. The molecule has 0 aromatic heterocycles. The third-order valence-corrected chi connectivity index (χ3v) is 2.78. The molecule has 1 unspecified atom stereocenters. The Morgan fingerprint density at radius 3 is 3.00 bits per heavy atom. The van der Waals surface area contributed by atoms with Crippen molar-refractivity contribution in [3.63, 3.8) is 0 Å². The Morgan fingerprint density at radius 1 is 1.46 bits per heavy atom. The van der Waals surface area contributed by atoms with E-state index in [9.17, 15) is 0 Å². The Balaban J connectivity index is 2.19. The molecule has 0 saturated carbocycles. The molecule has 2 heteroatoms. The maximum Gasteiger partial charge on any atom is 0.0465 e. The highest BCUT2D eigenvalue weighted by atomic mass is 16.2. The number of rotatable bonds is 5. The van der Waals surface area contributed by atoms with E-state index in [4.69, 9.17) is 5.11 Å². The van der Waals surface area contributed by atoms with Crippen LogP contribution in [0.2, 0.25) is 0 Å². The third kappa shape index (κ3) is 3.49. The molecule has 1 atom stereocenters. The Kier molecular flexibility index (Phi) is 5.09. The van der Waals surface area contributed by atoms with Crippen LogP contribution >= 0.6 is 0 Å². The van der Waals surface area contributed by atoms with Crippen LogP contribution in [0.3, 0.4) is 0 Å². The zero-order valence-electron chi connectivity index (χ0n) is 8.58. The molecule has 13 heavy (non-hydrogen) atoms. The van der Waals surface area contributed by atoms with Gasteiger partial charge in [0.1, 0.15) is 0 Å². The Hall–Kier alpha value is -0.340. The summed E-state index contributed by atoms with van der Waals surface area (Å²) in [7, 11) is 0. The molecule has 1 heterocycles. The van der Waals surface area contributed by atoms with Gasteiger partial charge >= 0.3 is 0 Å². The lowest BCUT2D eigenvalue weighted by molar-refractivity contribution is 0.268. The van der Waals surface area contributed by atoms with Gasteiger partial charge in [0.15, 0.2) is 0 Å². The lowest BCUT2D eigenvalue weighted by Crippen LogP contribution is -2.28. The van der Waals surface area contributed by atoms with Gasteiger partial charge in [-0.25, -0.2) is 0 Å². The topological polar surface area (TPSA) is 23.5 Å². The molecule has 0 aromatic carbocycles. The lowest BCUT2D eigenvalue weighted by atomic mass is 10.1. The molecule has 1 fully saturated rings. The Morgan fingerprint density at radius 2 is 2.31 bits per heavy atom. The highest BCUT2D eigenvalue weighted by Crippen LogP contribution is 2.19. The van der Waals surface area contributed by atoms with Crippen molar-refractivity contribution in [2.24, 2.45) is 0 Å². The number of nitrogens with zero attached hydrogens (tertiary/aromatic N) is 1. The van der Waals surface area contributed by atoms with Crippen LogP contribution in [-0.2, 0) is 0 Å². The van der Waals surface area contributed by atoms with Crippen LogP contribution in [0.5, 0.6) is 0 Å². The predicted molar refractivity (Wildman–Crippen MR) is 55.7 cm³/mol. The molecular formula is C11H21NO. The molecule has 2 nitrogen and oxygen atoms in total. The van der Waals surface area contributed by atoms with Crippen molar-refractivity contribution in [1.82, 2.24) is 4.90 Å². The van der Waals surface area contributed by atoms with Gasteiger partial charge < -0.3 is 10.0 Å². The number of hydrogen-bond donors (Lipinski definition) is 1. The van der Waals surface area contributed by atoms with Crippen molar-refractivity contribution >= 4 is 0 Å². The largest absolute Gasteiger partial charge is 0.396 e. The van der Waals surface area contributed by atoms with E-state index in [2.05, 4.69) is 24.0 Å². The van der Waals surface area contributed by atoms with Gasteiger partial charge in [0.25, 0.3) is 0 Å². The van der Waals surface area contributed by atoms with Crippen LogP contribution in [0.1, 0.15) is 32.6 Å². The van der Waals surface area contributed by atoms with Crippen molar-refractivity contribution < 1.29 is 5.11 Å². The van der Waals surface area contributed by atoms with E-state index in [-0.39, 0.29) is 6.61 Å². The number of aliphatic hydroxyl groups is 1. The van der Waals surface area contributed by atoms with E-state index in [1.54, 1.807) is 0 Å². The summed E-state index contributed by atoms with van der Waals surface area (Å²) in [6.07, 6.45) is 8.97. The van der Waals surface area contributed by atoms with Crippen molar-refractivity contribution in [2.45, 2.75) is 38.6 Å². The summed E-state index contributed by atoms with van der Waals surface area (Å²) in [5.41, 5.74) is 0. The van der Waals surface area contributed by atoms with Crippen LogP contribution in [0.4, 0.5) is 0 Å². The second-order valence-electron chi connectivity index (χ2n) is 3.64. The summed E-state index contributed by atoms with van der Waals surface area (Å²) in [4.78, 5) is 2.54. The van der Waals surface area contributed by atoms with Gasteiger partial charge in [-0.15, -0.1) is 0 Å². The van der Waals surface area contributed by atoms with Crippen LogP contribution in [0.25, 0.3) is 0 Å². The molecule has 0 spiro atoms. The predicted octanol–water partition coefficient (Wildman–Crippen LogP) is 1.80. The molecule has 0 amide bonds. The molecule has 1 rings (SSSR count). The van der Waals surface area contributed by atoms with Gasteiger partial charge in [-0.2, -0.15) is 0 Å². The Bertz CT molecular complexity index is 156. The number of likely N-dealkylation sites (tertiary alicyclic amines) is 1. The second-order valence-corrected chi connectivity index (χ2v) is 3.64. The molecule has 0 bridgehead atoms. The van der Waals surface area contributed by atoms with E-state index in [0.29, 0.717) is 0 Å². The molecule has 76 valence electrons. The smallest absolute Gasteiger partial charge is 0.0465 e. The highest BCUT2D eigenvalue weighted by Gasteiger charge is 2.20. The molecule has 1 N–H and O–H groups in total. The summed E-state index contributed by atoms with van der Waals surface area (Å²) >= 11 is 0. The summed E-state index contributed by atoms with van der Waals surface area (Å²) in [5.74, 6) is 0. The molecule has 0 aliphatic carbocycles. The van der Waals surface area contributed by atoms with Crippen LogP contribution in [-0.4, -0.2) is 35.7 Å². The van der Waals surface area contributed by atoms with E-state index >= 15 is 0 Å². The highest BCUT2D eigenvalue weighted by molar-refractivity contribution is 4.89. The van der Waals surface area contributed by atoms with Gasteiger partial charge in [-0.05, 0) is 38.8 Å². The van der Waals surface area contributed by atoms with E-state index in [0.717, 1.165) is 18.9 Å². The monoisotopic (exact) mass is 183 g/mol. The van der Waals surface area contributed by atoms with E-state index in [1.165, 1.54) is 25.9 Å². The normalized spacial score (nSPS) is 24.6. The quantitative estimate of drug-likeness (QED) is 0.657. The van der Waals surface area contributed by atoms with Crippen LogP contribution < -0.4 is 0 Å². The van der Waals surface area contributed by atoms with Gasteiger partial charge in [0.2, 0.25) is 0 Å². The molecule has 0 aromatic rings. The zero-order valence-corrected chi connectivity index (χ0v) is 8.58. The fourth-order valence-electron chi connectivity index (χ4n) is 2.02. The van der Waals surface area contributed by atoms with Gasteiger partial charge in [0, 0.05) is 12.6 Å². The van der Waals surface area contributed by atoms with Gasteiger partial charge in [-0.1, -0.05) is 19.1 Å². The molecule has 1 saturated heterocycles. The molecular weight excluding hydrogens is 162 g/mol. The van der Waals surface area contributed by atoms with Gasteiger partial charge in [-0.3, -0.25) is 0 Å². The fraction of sp³-hybridized carbons (Fsp3) is 0.818. The SMILES string of the molecule is CCN1CCCC1C/C=C\CCO. The summed E-state index contributed by atoms with van der Waals surface area (Å²) in [6, 6.07) is 0.764. The van der Waals surface area contributed by atoms with Crippen molar-refractivity contribution in [1.29, 1.82) is 0 Å². The van der Waals surface area contributed by atoms with Crippen molar-refractivity contribution in [3.8, 4) is 0 Å². The average molecular weight is 183 g/mol. The third-order valence-electron chi connectivity index (χ3n) is 2.78. The first-order valence-corrected chi connectivity index (χ1v) is 5.38. The maximum absolute atomic E-state index is 8.59.